The molecule has 0 saturated carbocycles. The Hall–Kier alpha value is -3.16. The Bertz CT molecular complexity index is 860. The molecule has 1 atom stereocenters. The van der Waals surface area contributed by atoms with Gasteiger partial charge in [-0.3, -0.25) is 4.79 Å². The highest BCUT2D eigenvalue weighted by atomic mass is 19.4. The number of amides is 1. The van der Waals surface area contributed by atoms with E-state index in [1.807, 2.05) is 0 Å². The van der Waals surface area contributed by atoms with Gasteiger partial charge in [0, 0.05) is 12.6 Å². The summed E-state index contributed by atoms with van der Waals surface area (Å²) in [6.07, 6.45) is -3.49. The minimum Gasteiger partial charge on any atom is -0.449 e. The van der Waals surface area contributed by atoms with Crippen LogP contribution < -0.4 is 5.32 Å². The maximum Gasteiger partial charge on any atom is 0.416 e. The summed E-state index contributed by atoms with van der Waals surface area (Å²) in [6.45, 7) is 1.48. The Morgan fingerprint density at radius 1 is 1.14 bits per heavy atom. The molecule has 2 rings (SSSR count). The van der Waals surface area contributed by atoms with E-state index in [0.29, 0.717) is 5.56 Å². The lowest BCUT2D eigenvalue weighted by Crippen LogP contribution is -2.35. The van der Waals surface area contributed by atoms with Crippen LogP contribution in [0.3, 0.4) is 0 Å². The minimum atomic E-state index is -4.48. The summed E-state index contributed by atoms with van der Waals surface area (Å²) in [6, 6.07) is 9.95. The van der Waals surface area contributed by atoms with Crippen LogP contribution >= 0.6 is 0 Å². The van der Waals surface area contributed by atoms with Gasteiger partial charge in [-0.2, -0.15) is 13.2 Å². The largest absolute Gasteiger partial charge is 0.449 e. The van der Waals surface area contributed by atoms with Crippen molar-refractivity contribution < 1.29 is 31.9 Å². The molecule has 1 unspecified atom stereocenters. The van der Waals surface area contributed by atoms with E-state index in [9.17, 15) is 27.2 Å². The number of hydrogen-bond donors (Lipinski definition) is 1. The van der Waals surface area contributed by atoms with Crippen LogP contribution in [0.15, 0.2) is 54.6 Å². The Morgan fingerprint density at radius 3 is 2.46 bits per heavy atom. The molecule has 2 aromatic rings. The normalized spacial score (nSPS) is 12.6. The van der Waals surface area contributed by atoms with Crippen molar-refractivity contribution in [3.63, 3.8) is 0 Å². The average Bonchev–Trinajstić information content (AvgIpc) is 2.65. The summed E-state index contributed by atoms with van der Waals surface area (Å²) < 4.78 is 55.7. The second-order valence-electron chi connectivity index (χ2n) is 5.88. The predicted octanol–water partition coefficient (Wildman–Crippen LogP) is 4.11. The van der Waals surface area contributed by atoms with Crippen molar-refractivity contribution in [3.05, 3.63) is 77.1 Å². The van der Waals surface area contributed by atoms with Crippen LogP contribution in [0.2, 0.25) is 0 Å². The molecule has 4 nitrogen and oxygen atoms in total. The van der Waals surface area contributed by atoms with E-state index >= 15 is 0 Å². The molecule has 0 aromatic heterocycles. The first-order valence-corrected chi connectivity index (χ1v) is 8.23. The highest BCUT2D eigenvalue weighted by Gasteiger charge is 2.30. The van der Waals surface area contributed by atoms with Crippen LogP contribution in [0.1, 0.15) is 23.6 Å². The van der Waals surface area contributed by atoms with Crippen molar-refractivity contribution >= 4 is 18.0 Å². The number of hydrogen-bond acceptors (Lipinski definition) is 3. The zero-order valence-corrected chi connectivity index (χ0v) is 14.8. The molecular formula is C20H17F4NO3. The highest BCUT2D eigenvalue weighted by Crippen LogP contribution is 2.29. The molecule has 2 aromatic carbocycles. The maximum atomic E-state index is 12.8. The molecule has 0 aliphatic rings. The number of halogens is 4. The molecule has 0 saturated heterocycles. The molecule has 1 amide bonds. The lowest BCUT2D eigenvalue weighted by molar-refractivity contribution is -0.150. The summed E-state index contributed by atoms with van der Waals surface area (Å²) in [5, 5.41) is 2.53. The number of ether oxygens (including phenoxy) is 1. The lowest BCUT2D eigenvalue weighted by Gasteiger charge is -2.12. The van der Waals surface area contributed by atoms with E-state index in [-0.39, 0.29) is 12.1 Å². The Balaban J connectivity index is 1.86. The molecular weight excluding hydrogens is 378 g/mol. The lowest BCUT2D eigenvalue weighted by atomic mass is 10.1. The van der Waals surface area contributed by atoms with Gasteiger partial charge in [-0.05, 0) is 48.4 Å². The zero-order valence-electron chi connectivity index (χ0n) is 14.8. The maximum absolute atomic E-state index is 12.8. The number of rotatable bonds is 6. The molecule has 148 valence electrons. The number of carbonyl (C=O) groups excluding carboxylic acids is 2. The van der Waals surface area contributed by atoms with Gasteiger partial charge in [-0.1, -0.05) is 24.3 Å². The predicted molar refractivity (Wildman–Crippen MR) is 94.3 cm³/mol. The van der Waals surface area contributed by atoms with Crippen molar-refractivity contribution in [1.29, 1.82) is 0 Å². The van der Waals surface area contributed by atoms with Gasteiger partial charge in [0.2, 0.25) is 0 Å². The van der Waals surface area contributed by atoms with Gasteiger partial charge in [0.25, 0.3) is 5.91 Å². The third-order valence-electron chi connectivity index (χ3n) is 3.67. The summed E-state index contributed by atoms with van der Waals surface area (Å²) in [7, 11) is 0. The van der Waals surface area contributed by atoms with Gasteiger partial charge in [0.15, 0.2) is 6.10 Å². The van der Waals surface area contributed by atoms with E-state index in [1.54, 1.807) is 0 Å². The summed E-state index contributed by atoms with van der Waals surface area (Å²) in [4.78, 5) is 23.7. The SMILES string of the molecule is CC(OC(=O)/C=C/c1cccc(C(F)(F)F)c1)C(=O)NCc1ccc(F)cc1. The van der Waals surface area contributed by atoms with Crippen LogP contribution in [-0.4, -0.2) is 18.0 Å². The summed E-state index contributed by atoms with van der Waals surface area (Å²) in [5.41, 5.74) is -0.00513. The molecule has 0 radical (unpaired) electrons. The third-order valence-corrected chi connectivity index (χ3v) is 3.67. The van der Waals surface area contributed by atoms with Gasteiger partial charge in [-0.25, -0.2) is 9.18 Å². The zero-order chi connectivity index (χ0) is 20.7. The molecule has 28 heavy (non-hydrogen) atoms. The van der Waals surface area contributed by atoms with Crippen molar-refractivity contribution in [2.24, 2.45) is 0 Å². The molecule has 0 aliphatic heterocycles. The van der Waals surface area contributed by atoms with E-state index in [2.05, 4.69) is 5.32 Å². The molecule has 0 heterocycles. The van der Waals surface area contributed by atoms with Crippen LogP contribution in [0.4, 0.5) is 17.6 Å². The van der Waals surface area contributed by atoms with Crippen molar-refractivity contribution in [1.82, 2.24) is 5.32 Å². The summed E-state index contributed by atoms with van der Waals surface area (Å²) >= 11 is 0. The van der Waals surface area contributed by atoms with Gasteiger partial charge < -0.3 is 10.1 Å². The van der Waals surface area contributed by atoms with E-state index in [1.165, 1.54) is 49.4 Å². The minimum absolute atomic E-state index is 0.126. The quantitative estimate of drug-likeness (QED) is 0.455. The Morgan fingerprint density at radius 2 is 1.82 bits per heavy atom. The monoisotopic (exact) mass is 395 g/mol. The summed E-state index contributed by atoms with van der Waals surface area (Å²) in [5.74, 6) is -1.84. The first-order valence-electron chi connectivity index (χ1n) is 8.23. The molecule has 8 heteroatoms. The van der Waals surface area contributed by atoms with Gasteiger partial charge >= 0.3 is 12.1 Å². The fourth-order valence-corrected chi connectivity index (χ4v) is 2.19. The number of alkyl halides is 3. The first-order chi connectivity index (χ1) is 13.1. The number of benzene rings is 2. The van der Waals surface area contributed by atoms with Crippen LogP contribution in [0.25, 0.3) is 6.08 Å². The van der Waals surface area contributed by atoms with Gasteiger partial charge in [-0.15, -0.1) is 0 Å². The Kier molecular flexibility index (Phi) is 6.92. The van der Waals surface area contributed by atoms with Crippen LogP contribution in [-0.2, 0) is 27.0 Å². The van der Waals surface area contributed by atoms with Crippen LogP contribution in [0.5, 0.6) is 0 Å². The first kappa shape index (κ1) is 21.1. The second-order valence-corrected chi connectivity index (χ2v) is 5.88. The van der Waals surface area contributed by atoms with E-state index < -0.39 is 35.5 Å². The third kappa shape index (κ3) is 6.53. The smallest absolute Gasteiger partial charge is 0.416 e. The standard InChI is InChI=1S/C20H17F4NO3/c1-13(19(27)25-12-15-5-8-17(21)9-6-15)28-18(26)10-7-14-3-2-4-16(11-14)20(22,23)24/h2-11,13H,12H2,1H3,(H,25,27)/b10-7+. The molecule has 0 bridgehead atoms. The number of esters is 1. The van der Waals surface area contributed by atoms with E-state index in [4.69, 9.17) is 4.74 Å². The fourth-order valence-electron chi connectivity index (χ4n) is 2.19. The number of nitrogens with one attached hydrogen (secondary N) is 1. The van der Waals surface area contributed by atoms with Crippen molar-refractivity contribution in [2.45, 2.75) is 25.7 Å². The average molecular weight is 395 g/mol. The highest BCUT2D eigenvalue weighted by molar-refractivity contribution is 5.90. The van der Waals surface area contributed by atoms with Crippen molar-refractivity contribution in [3.8, 4) is 0 Å². The van der Waals surface area contributed by atoms with Crippen LogP contribution in [0, 0.1) is 5.82 Å². The fraction of sp³-hybridized carbons (Fsp3) is 0.200. The van der Waals surface area contributed by atoms with Crippen molar-refractivity contribution in [2.75, 3.05) is 0 Å². The van der Waals surface area contributed by atoms with Gasteiger partial charge in [0.05, 0.1) is 5.56 Å². The molecule has 1 N–H and O–H groups in total. The molecule has 0 fully saturated rings. The van der Waals surface area contributed by atoms with E-state index in [0.717, 1.165) is 18.2 Å². The van der Waals surface area contributed by atoms with Gasteiger partial charge in [0.1, 0.15) is 5.82 Å². The second kappa shape index (κ2) is 9.16. The molecule has 0 aliphatic carbocycles. The molecule has 0 spiro atoms. The topological polar surface area (TPSA) is 55.4 Å². The number of carbonyl (C=O) groups is 2. The Labute approximate surface area is 158 Å².